The van der Waals surface area contributed by atoms with Gasteiger partial charge in [-0.1, -0.05) is 29.5 Å². The fraction of sp³-hybridized carbons (Fsp3) is 0.400. The standard InChI is InChI=1S/C10H15NOS/c1-7-3-4-9(8(2)5-7)13-10(12)6-11/h3-5,10,12H,6,11H2,1-2H3. The van der Waals surface area contributed by atoms with E-state index in [2.05, 4.69) is 13.0 Å². The lowest BCUT2D eigenvalue weighted by atomic mass is 10.2. The van der Waals surface area contributed by atoms with Crippen molar-refractivity contribution in [3.8, 4) is 0 Å². The van der Waals surface area contributed by atoms with E-state index in [1.807, 2.05) is 19.1 Å². The summed E-state index contributed by atoms with van der Waals surface area (Å²) in [7, 11) is 0. The first kappa shape index (κ1) is 10.6. The molecule has 3 N–H and O–H groups in total. The minimum absolute atomic E-state index is 0.290. The number of aliphatic hydroxyl groups excluding tert-OH is 1. The maximum atomic E-state index is 9.34. The number of benzene rings is 1. The van der Waals surface area contributed by atoms with Gasteiger partial charge in [0.2, 0.25) is 0 Å². The van der Waals surface area contributed by atoms with Crippen molar-refractivity contribution in [2.24, 2.45) is 5.73 Å². The monoisotopic (exact) mass is 197 g/mol. The van der Waals surface area contributed by atoms with Crippen LogP contribution >= 0.6 is 11.8 Å². The number of hydrogen-bond acceptors (Lipinski definition) is 3. The highest BCUT2D eigenvalue weighted by atomic mass is 32.2. The van der Waals surface area contributed by atoms with E-state index in [1.54, 1.807) is 0 Å². The highest BCUT2D eigenvalue weighted by Gasteiger charge is 2.05. The summed E-state index contributed by atoms with van der Waals surface area (Å²) in [6, 6.07) is 6.17. The molecule has 0 aliphatic rings. The Morgan fingerprint density at radius 2 is 2.15 bits per heavy atom. The summed E-state index contributed by atoms with van der Waals surface area (Å²) < 4.78 is 0. The summed E-state index contributed by atoms with van der Waals surface area (Å²) in [4.78, 5) is 1.10. The number of aliphatic hydroxyl groups is 1. The van der Waals surface area contributed by atoms with Gasteiger partial charge >= 0.3 is 0 Å². The molecule has 1 unspecified atom stereocenters. The lowest BCUT2D eigenvalue weighted by molar-refractivity contribution is 0.271. The zero-order valence-corrected chi connectivity index (χ0v) is 8.77. The van der Waals surface area contributed by atoms with Gasteiger partial charge in [0.25, 0.3) is 0 Å². The summed E-state index contributed by atoms with van der Waals surface area (Å²) in [5.41, 5.74) is 7.26. The molecule has 0 aliphatic carbocycles. The molecule has 0 aromatic heterocycles. The topological polar surface area (TPSA) is 46.2 Å². The van der Waals surface area contributed by atoms with Crippen LogP contribution in [0.25, 0.3) is 0 Å². The summed E-state index contributed by atoms with van der Waals surface area (Å²) >= 11 is 1.41. The van der Waals surface area contributed by atoms with E-state index in [1.165, 1.54) is 22.9 Å². The lowest BCUT2D eigenvalue weighted by Crippen LogP contribution is -2.15. The van der Waals surface area contributed by atoms with Gasteiger partial charge in [0.05, 0.1) is 0 Å². The molecule has 1 aromatic carbocycles. The second-order valence-corrected chi connectivity index (χ2v) is 4.30. The van der Waals surface area contributed by atoms with Gasteiger partial charge < -0.3 is 10.8 Å². The molecule has 0 spiro atoms. The first-order valence-corrected chi connectivity index (χ1v) is 5.13. The van der Waals surface area contributed by atoms with Gasteiger partial charge in [-0.15, -0.1) is 0 Å². The van der Waals surface area contributed by atoms with Crippen molar-refractivity contribution in [1.82, 2.24) is 0 Å². The number of thioether (sulfide) groups is 1. The van der Waals surface area contributed by atoms with Crippen molar-refractivity contribution in [1.29, 1.82) is 0 Å². The van der Waals surface area contributed by atoms with Crippen LogP contribution in [0.4, 0.5) is 0 Å². The van der Waals surface area contributed by atoms with Gasteiger partial charge in [-0.25, -0.2) is 0 Å². The molecule has 0 radical (unpaired) electrons. The maximum absolute atomic E-state index is 9.34. The Labute approximate surface area is 83.1 Å². The van der Waals surface area contributed by atoms with E-state index < -0.39 is 5.44 Å². The van der Waals surface area contributed by atoms with Gasteiger partial charge in [0.1, 0.15) is 5.44 Å². The van der Waals surface area contributed by atoms with Crippen molar-refractivity contribution in [3.05, 3.63) is 29.3 Å². The average molecular weight is 197 g/mol. The molecule has 3 heteroatoms. The van der Waals surface area contributed by atoms with Crippen LogP contribution in [0.2, 0.25) is 0 Å². The first-order chi connectivity index (χ1) is 6.13. The lowest BCUT2D eigenvalue weighted by Gasteiger charge is -2.10. The van der Waals surface area contributed by atoms with Crippen molar-refractivity contribution < 1.29 is 5.11 Å². The summed E-state index contributed by atoms with van der Waals surface area (Å²) in [6.45, 7) is 4.39. The number of nitrogens with two attached hydrogens (primary N) is 1. The van der Waals surface area contributed by atoms with E-state index in [4.69, 9.17) is 5.73 Å². The second kappa shape index (κ2) is 4.65. The van der Waals surface area contributed by atoms with E-state index >= 15 is 0 Å². The van der Waals surface area contributed by atoms with Crippen molar-refractivity contribution >= 4 is 11.8 Å². The zero-order chi connectivity index (χ0) is 9.84. The molecule has 0 amide bonds. The summed E-state index contributed by atoms with van der Waals surface area (Å²) in [5, 5.41) is 9.34. The van der Waals surface area contributed by atoms with Gasteiger partial charge in [0, 0.05) is 11.4 Å². The summed E-state index contributed by atoms with van der Waals surface area (Å²) in [5.74, 6) is 0. The Hall–Kier alpha value is -0.510. The molecule has 1 aromatic rings. The Balaban J connectivity index is 2.77. The zero-order valence-electron chi connectivity index (χ0n) is 7.95. The van der Waals surface area contributed by atoms with Crippen LogP contribution in [-0.4, -0.2) is 17.1 Å². The molecule has 0 bridgehead atoms. The van der Waals surface area contributed by atoms with E-state index in [0.29, 0.717) is 0 Å². The fourth-order valence-electron chi connectivity index (χ4n) is 1.13. The number of rotatable bonds is 3. The molecule has 0 aliphatic heterocycles. The fourth-order valence-corrected chi connectivity index (χ4v) is 1.91. The minimum atomic E-state index is -0.499. The molecule has 1 rings (SSSR count). The van der Waals surface area contributed by atoms with Crippen molar-refractivity contribution in [2.45, 2.75) is 24.2 Å². The summed E-state index contributed by atoms with van der Waals surface area (Å²) in [6.07, 6.45) is 0. The van der Waals surface area contributed by atoms with Crippen LogP contribution in [0.1, 0.15) is 11.1 Å². The molecule has 0 saturated carbocycles. The van der Waals surface area contributed by atoms with Crippen molar-refractivity contribution in [2.75, 3.05) is 6.54 Å². The highest BCUT2D eigenvalue weighted by Crippen LogP contribution is 2.25. The predicted molar refractivity (Wildman–Crippen MR) is 56.8 cm³/mol. The third-order valence-electron chi connectivity index (χ3n) is 1.80. The van der Waals surface area contributed by atoms with Crippen LogP contribution < -0.4 is 5.73 Å². The minimum Gasteiger partial charge on any atom is -0.381 e. The third kappa shape index (κ3) is 3.03. The van der Waals surface area contributed by atoms with Gasteiger partial charge in [0.15, 0.2) is 0 Å². The molecule has 13 heavy (non-hydrogen) atoms. The average Bonchev–Trinajstić information content (AvgIpc) is 2.09. The van der Waals surface area contributed by atoms with Crippen LogP contribution in [0, 0.1) is 13.8 Å². The molecule has 0 saturated heterocycles. The Morgan fingerprint density at radius 1 is 1.46 bits per heavy atom. The molecule has 1 atom stereocenters. The van der Waals surface area contributed by atoms with Crippen LogP contribution in [-0.2, 0) is 0 Å². The van der Waals surface area contributed by atoms with Crippen LogP contribution in [0.3, 0.4) is 0 Å². The van der Waals surface area contributed by atoms with Crippen LogP contribution in [0.15, 0.2) is 23.1 Å². The van der Waals surface area contributed by atoms with Gasteiger partial charge in [-0.3, -0.25) is 0 Å². The highest BCUT2D eigenvalue weighted by molar-refractivity contribution is 7.99. The normalized spacial score (nSPS) is 12.9. The van der Waals surface area contributed by atoms with Gasteiger partial charge in [-0.05, 0) is 25.5 Å². The number of hydrogen-bond donors (Lipinski definition) is 2. The molecule has 72 valence electrons. The van der Waals surface area contributed by atoms with E-state index in [-0.39, 0.29) is 6.54 Å². The quantitative estimate of drug-likeness (QED) is 0.572. The van der Waals surface area contributed by atoms with Crippen LogP contribution in [0.5, 0.6) is 0 Å². The molecular weight excluding hydrogens is 182 g/mol. The SMILES string of the molecule is Cc1ccc(SC(O)CN)c(C)c1. The largest absolute Gasteiger partial charge is 0.381 e. The number of aryl methyl sites for hydroxylation is 2. The Kier molecular flexibility index (Phi) is 3.78. The second-order valence-electron chi connectivity index (χ2n) is 3.08. The Morgan fingerprint density at radius 3 is 2.69 bits per heavy atom. The van der Waals surface area contributed by atoms with Crippen molar-refractivity contribution in [3.63, 3.8) is 0 Å². The van der Waals surface area contributed by atoms with E-state index in [9.17, 15) is 5.11 Å². The Bertz CT molecular complexity index is 288. The first-order valence-electron chi connectivity index (χ1n) is 4.25. The third-order valence-corrected chi connectivity index (χ3v) is 2.97. The predicted octanol–water partition coefficient (Wildman–Crippen LogP) is 1.67. The molecule has 2 nitrogen and oxygen atoms in total. The molecule has 0 fully saturated rings. The van der Waals surface area contributed by atoms with E-state index in [0.717, 1.165) is 4.90 Å². The van der Waals surface area contributed by atoms with Gasteiger partial charge in [-0.2, -0.15) is 0 Å². The maximum Gasteiger partial charge on any atom is 0.116 e. The molecular formula is C10H15NOS. The molecule has 0 heterocycles. The smallest absolute Gasteiger partial charge is 0.116 e.